The number of rotatable bonds is 8. The van der Waals surface area contributed by atoms with Crippen molar-refractivity contribution in [3.05, 3.63) is 93.5 Å². The first-order chi connectivity index (χ1) is 15.5. The van der Waals surface area contributed by atoms with Gasteiger partial charge in [-0.25, -0.2) is 0 Å². The van der Waals surface area contributed by atoms with Crippen molar-refractivity contribution in [1.82, 2.24) is 0 Å². The molecule has 3 aromatic rings. The summed E-state index contributed by atoms with van der Waals surface area (Å²) in [7, 11) is 1.54. The predicted molar refractivity (Wildman–Crippen MR) is 130 cm³/mol. The Labute approximate surface area is 196 Å². The molecule has 1 amide bonds. The Morgan fingerprint density at radius 2 is 1.81 bits per heavy atom. The molecule has 0 aliphatic rings. The standard InChI is InChI=1S/C26H23BrN2O3/c1-3-18-9-11-22(12-10-18)29-26(30)21(16-28)13-20-14-23(27)25(24(15-20)31-2)32-17-19-7-5-4-6-8-19/h4-15H,3,17H2,1-2H3,(H,29,30)/b21-13-. The quantitative estimate of drug-likeness (QED) is 0.303. The molecule has 0 heterocycles. The molecule has 1 N–H and O–H groups in total. The number of carbonyl (C=O) groups excluding carboxylic acids is 1. The Hall–Kier alpha value is -3.56. The number of benzene rings is 3. The van der Waals surface area contributed by atoms with E-state index in [9.17, 15) is 10.1 Å². The van der Waals surface area contributed by atoms with Gasteiger partial charge in [-0.1, -0.05) is 49.4 Å². The fraction of sp³-hybridized carbons (Fsp3) is 0.154. The SMILES string of the molecule is CCc1ccc(NC(=O)/C(C#N)=C\c2cc(Br)c(OCc3ccccc3)c(OC)c2)cc1. The lowest BCUT2D eigenvalue weighted by molar-refractivity contribution is -0.112. The van der Waals surface area contributed by atoms with E-state index in [1.54, 1.807) is 19.2 Å². The average molecular weight is 491 g/mol. The molecule has 0 fully saturated rings. The highest BCUT2D eigenvalue weighted by Crippen LogP contribution is 2.37. The van der Waals surface area contributed by atoms with Crippen molar-refractivity contribution < 1.29 is 14.3 Å². The van der Waals surface area contributed by atoms with Crippen LogP contribution < -0.4 is 14.8 Å². The minimum atomic E-state index is -0.476. The zero-order chi connectivity index (χ0) is 22.9. The summed E-state index contributed by atoms with van der Waals surface area (Å²) in [6.45, 7) is 2.45. The summed E-state index contributed by atoms with van der Waals surface area (Å²) in [5, 5.41) is 12.3. The van der Waals surface area contributed by atoms with E-state index in [2.05, 4.69) is 28.2 Å². The fourth-order valence-corrected chi connectivity index (χ4v) is 3.60. The van der Waals surface area contributed by atoms with E-state index in [-0.39, 0.29) is 5.57 Å². The molecule has 0 radical (unpaired) electrons. The number of hydrogen-bond acceptors (Lipinski definition) is 4. The Balaban J connectivity index is 1.79. The van der Waals surface area contributed by atoms with Crippen LogP contribution in [0.3, 0.4) is 0 Å². The number of hydrogen-bond donors (Lipinski definition) is 1. The summed E-state index contributed by atoms with van der Waals surface area (Å²) in [6, 6.07) is 22.8. The van der Waals surface area contributed by atoms with Crippen LogP contribution in [-0.4, -0.2) is 13.0 Å². The molecule has 0 saturated heterocycles. The Bertz CT molecular complexity index is 1150. The lowest BCUT2D eigenvalue weighted by Gasteiger charge is -2.14. The Morgan fingerprint density at radius 1 is 1.09 bits per heavy atom. The number of nitrogens with zero attached hydrogens (tertiary/aromatic N) is 1. The van der Waals surface area contributed by atoms with Gasteiger partial charge >= 0.3 is 0 Å². The molecular formula is C26H23BrN2O3. The minimum absolute atomic E-state index is 0.0172. The van der Waals surface area contributed by atoms with Crippen molar-refractivity contribution in [1.29, 1.82) is 5.26 Å². The number of anilines is 1. The topological polar surface area (TPSA) is 71.4 Å². The largest absolute Gasteiger partial charge is 0.493 e. The summed E-state index contributed by atoms with van der Waals surface area (Å²) < 4.78 is 12.1. The number of ether oxygens (including phenoxy) is 2. The molecule has 0 bridgehead atoms. The first-order valence-corrected chi connectivity index (χ1v) is 10.9. The first kappa shape index (κ1) is 23.1. The zero-order valence-electron chi connectivity index (χ0n) is 17.9. The second-order valence-electron chi connectivity index (χ2n) is 6.98. The van der Waals surface area contributed by atoms with Crippen LogP contribution >= 0.6 is 15.9 Å². The maximum atomic E-state index is 12.6. The van der Waals surface area contributed by atoms with Gasteiger partial charge in [0.05, 0.1) is 11.6 Å². The lowest BCUT2D eigenvalue weighted by Crippen LogP contribution is -2.13. The monoisotopic (exact) mass is 490 g/mol. The number of halogens is 1. The summed E-state index contributed by atoms with van der Waals surface area (Å²) in [5.41, 5.74) is 3.45. The summed E-state index contributed by atoms with van der Waals surface area (Å²) in [6.07, 6.45) is 2.43. The van der Waals surface area contributed by atoms with Gasteiger partial charge in [0.1, 0.15) is 18.2 Å². The van der Waals surface area contributed by atoms with Crippen molar-refractivity contribution in [3.63, 3.8) is 0 Å². The number of amides is 1. The highest BCUT2D eigenvalue weighted by molar-refractivity contribution is 9.10. The third kappa shape index (κ3) is 5.99. The number of nitriles is 1. The summed E-state index contributed by atoms with van der Waals surface area (Å²) in [5.74, 6) is 0.568. The molecule has 5 nitrogen and oxygen atoms in total. The van der Waals surface area contributed by atoms with E-state index in [4.69, 9.17) is 9.47 Å². The van der Waals surface area contributed by atoms with Crippen molar-refractivity contribution in [2.75, 3.05) is 12.4 Å². The molecule has 0 aromatic heterocycles. The number of methoxy groups -OCH3 is 1. The highest BCUT2D eigenvalue weighted by Gasteiger charge is 2.14. The fourth-order valence-electron chi connectivity index (χ4n) is 3.03. The molecule has 0 saturated carbocycles. The third-order valence-corrected chi connectivity index (χ3v) is 5.36. The van der Waals surface area contributed by atoms with E-state index < -0.39 is 5.91 Å². The second kappa shape index (κ2) is 11.2. The van der Waals surface area contributed by atoms with Gasteiger partial charge < -0.3 is 14.8 Å². The normalized spacial score (nSPS) is 10.9. The average Bonchev–Trinajstić information content (AvgIpc) is 2.82. The summed E-state index contributed by atoms with van der Waals surface area (Å²) in [4.78, 5) is 12.6. The molecule has 0 spiro atoms. The first-order valence-electron chi connectivity index (χ1n) is 10.1. The Morgan fingerprint density at radius 3 is 2.44 bits per heavy atom. The number of carbonyl (C=O) groups is 1. The molecule has 0 atom stereocenters. The lowest BCUT2D eigenvalue weighted by atomic mass is 10.1. The van der Waals surface area contributed by atoms with Gasteiger partial charge in [0, 0.05) is 5.69 Å². The van der Waals surface area contributed by atoms with Crippen molar-refractivity contribution >= 4 is 33.6 Å². The van der Waals surface area contributed by atoms with Gasteiger partial charge in [0.2, 0.25) is 0 Å². The zero-order valence-corrected chi connectivity index (χ0v) is 19.5. The van der Waals surface area contributed by atoms with Gasteiger partial charge in [-0.15, -0.1) is 0 Å². The van der Waals surface area contributed by atoms with Crippen molar-refractivity contribution in [2.24, 2.45) is 0 Å². The van der Waals surface area contributed by atoms with Crippen LogP contribution in [-0.2, 0) is 17.8 Å². The van der Waals surface area contributed by atoms with Gasteiger partial charge in [0.15, 0.2) is 11.5 Å². The molecule has 162 valence electrons. The van der Waals surface area contributed by atoms with Gasteiger partial charge in [0.25, 0.3) is 5.91 Å². The van der Waals surface area contributed by atoms with E-state index in [1.165, 1.54) is 11.6 Å². The molecule has 3 aromatic carbocycles. The molecule has 3 rings (SSSR count). The van der Waals surface area contributed by atoms with Crippen LogP contribution in [0.25, 0.3) is 6.08 Å². The van der Waals surface area contributed by atoms with Gasteiger partial charge in [-0.3, -0.25) is 4.79 Å². The minimum Gasteiger partial charge on any atom is -0.493 e. The molecule has 0 aliphatic heterocycles. The maximum Gasteiger partial charge on any atom is 0.266 e. The van der Waals surface area contributed by atoms with E-state index in [0.717, 1.165) is 12.0 Å². The maximum absolute atomic E-state index is 12.6. The van der Waals surface area contributed by atoms with Crippen molar-refractivity contribution in [2.45, 2.75) is 20.0 Å². The third-order valence-electron chi connectivity index (χ3n) is 4.77. The van der Waals surface area contributed by atoms with Crippen LogP contribution in [0.1, 0.15) is 23.6 Å². The van der Waals surface area contributed by atoms with Crippen LogP contribution in [0.2, 0.25) is 0 Å². The number of aryl methyl sites for hydroxylation is 1. The van der Waals surface area contributed by atoms with Crippen LogP contribution in [0.15, 0.2) is 76.8 Å². The van der Waals surface area contributed by atoms with Crippen LogP contribution in [0.5, 0.6) is 11.5 Å². The smallest absolute Gasteiger partial charge is 0.266 e. The number of nitrogens with one attached hydrogen (secondary N) is 1. The van der Waals surface area contributed by atoms with E-state index in [1.807, 2.05) is 60.7 Å². The summed E-state index contributed by atoms with van der Waals surface area (Å²) >= 11 is 3.51. The van der Waals surface area contributed by atoms with Gasteiger partial charge in [-0.2, -0.15) is 5.26 Å². The molecule has 6 heteroatoms. The van der Waals surface area contributed by atoms with Crippen LogP contribution in [0.4, 0.5) is 5.69 Å². The predicted octanol–water partition coefficient (Wildman–Crippen LogP) is 6.14. The molecule has 32 heavy (non-hydrogen) atoms. The molecule has 0 unspecified atom stereocenters. The molecular weight excluding hydrogens is 468 g/mol. The van der Waals surface area contributed by atoms with Crippen molar-refractivity contribution in [3.8, 4) is 17.6 Å². The Kier molecular flexibility index (Phi) is 8.07. The molecule has 0 aliphatic carbocycles. The van der Waals surface area contributed by atoms with Gasteiger partial charge in [-0.05, 0) is 69.4 Å². The van der Waals surface area contributed by atoms with E-state index in [0.29, 0.717) is 33.8 Å². The second-order valence-corrected chi connectivity index (χ2v) is 7.84. The van der Waals surface area contributed by atoms with Crippen LogP contribution in [0, 0.1) is 11.3 Å². The van der Waals surface area contributed by atoms with E-state index >= 15 is 0 Å². The highest BCUT2D eigenvalue weighted by atomic mass is 79.9.